The molecule has 18 heteroatoms. The second-order valence-electron chi connectivity index (χ2n) is 24.3. The third kappa shape index (κ3) is 14.6. The van der Waals surface area contributed by atoms with Gasteiger partial charge in [0.05, 0.1) is 12.1 Å². The first-order chi connectivity index (χ1) is 36.0. The molecule has 1 fully saturated rings. The molecule has 6 N–H and O–H groups in total. The number of rotatable bonds is 16. The van der Waals surface area contributed by atoms with Crippen LogP contribution < -0.4 is 26.6 Å². The Hall–Kier alpha value is -6.82. The van der Waals surface area contributed by atoms with Crippen LogP contribution in [-0.2, 0) is 64.1 Å². The predicted molar refractivity (Wildman–Crippen MR) is 292 cm³/mol. The van der Waals surface area contributed by atoms with Crippen molar-refractivity contribution in [2.24, 2.45) is 10.8 Å². The largest absolute Gasteiger partial charge is 0.480 e. The van der Waals surface area contributed by atoms with E-state index < -0.39 is 100 Å². The molecule has 3 aromatic carbocycles. The smallest absolute Gasteiger partial charge is 0.410 e. The number of likely N-dealkylation sites (N-methyl/N-ethyl adjacent to an activating group) is 2. The Balaban J connectivity index is 1.36. The van der Waals surface area contributed by atoms with Gasteiger partial charge in [-0.1, -0.05) is 114 Å². The summed E-state index contributed by atoms with van der Waals surface area (Å²) in [6.07, 6.45) is 2.04. The van der Waals surface area contributed by atoms with E-state index in [4.69, 9.17) is 4.74 Å². The van der Waals surface area contributed by atoms with Crippen molar-refractivity contribution in [3.8, 4) is 0 Å². The summed E-state index contributed by atoms with van der Waals surface area (Å²) < 4.78 is 5.50. The molecule has 7 amide bonds. The van der Waals surface area contributed by atoms with Crippen molar-refractivity contribution < 1.29 is 48.2 Å². The molecule has 0 saturated carbocycles. The van der Waals surface area contributed by atoms with Crippen molar-refractivity contribution in [3.05, 3.63) is 106 Å². The Bertz CT molecular complexity index is 2670. The third-order valence-electron chi connectivity index (χ3n) is 15.2. The molecule has 18 nitrogen and oxygen atoms in total. The van der Waals surface area contributed by atoms with Crippen LogP contribution in [0.3, 0.4) is 0 Å². The van der Waals surface area contributed by atoms with Gasteiger partial charge in [-0.2, -0.15) is 0 Å². The summed E-state index contributed by atoms with van der Waals surface area (Å²) in [4.78, 5) is 117. The first-order valence-corrected chi connectivity index (χ1v) is 26.9. The molecule has 0 unspecified atom stereocenters. The number of fused-ring (bicyclic) bond motifs is 2. The summed E-state index contributed by atoms with van der Waals surface area (Å²) in [5.41, 5.74) is 2.69. The van der Waals surface area contributed by atoms with E-state index in [-0.39, 0.29) is 50.2 Å². The van der Waals surface area contributed by atoms with Crippen molar-refractivity contribution in [1.82, 2.24) is 41.3 Å². The molecule has 418 valence electrons. The summed E-state index contributed by atoms with van der Waals surface area (Å²) in [5, 5.41) is 25.2. The summed E-state index contributed by atoms with van der Waals surface area (Å²) in [7, 11) is 3.09. The van der Waals surface area contributed by atoms with Crippen LogP contribution in [-0.4, -0.2) is 136 Å². The Morgan fingerprint density at radius 1 is 0.727 bits per heavy atom. The zero-order valence-corrected chi connectivity index (χ0v) is 47.2. The molecule has 0 spiro atoms. The number of carbonyl (C=O) groups excluding carboxylic acids is 7. The number of nitrogens with zero attached hydrogens (tertiary/aromatic N) is 3. The number of benzene rings is 3. The lowest BCUT2D eigenvalue weighted by Crippen LogP contribution is -2.62. The highest BCUT2D eigenvalue weighted by Crippen LogP contribution is 2.38. The Kier molecular flexibility index (Phi) is 18.7. The lowest BCUT2D eigenvalue weighted by atomic mass is 9.83. The second-order valence-corrected chi connectivity index (χ2v) is 24.3. The molecule has 3 aromatic rings. The zero-order chi connectivity index (χ0) is 56.9. The van der Waals surface area contributed by atoms with E-state index in [0.717, 1.165) is 46.4 Å². The van der Waals surface area contributed by atoms with Crippen LogP contribution in [0.4, 0.5) is 4.79 Å². The molecule has 9 atom stereocenters. The predicted octanol–water partition coefficient (Wildman–Crippen LogP) is 5.56. The quantitative estimate of drug-likeness (QED) is 0.104. The van der Waals surface area contributed by atoms with Gasteiger partial charge in [-0.05, 0) is 112 Å². The minimum atomic E-state index is -1.34. The lowest BCUT2D eigenvalue weighted by Gasteiger charge is -2.42. The molecule has 0 radical (unpaired) electrons. The molecule has 2 aliphatic heterocycles. The molecular formula is C59H82N8O10. The van der Waals surface area contributed by atoms with Gasteiger partial charge in [0.15, 0.2) is 0 Å². The van der Waals surface area contributed by atoms with Gasteiger partial charge in [0.1, 0.15) is 41.9 Å². The van der Waals surface area contributed by atoms with E-state index >= 15 is 9.59 Å². The number of aryl methyl sites for hydroxylation is 1. The molecule has 0 bridgehead atoms. The number of carbonyl (C=O) groups is 8. The fraction of sp³-hybridized carbons (Fsp3) is 0.559. The van der Waals surface area contributed by atoms with Gasteiger partial charge in [0.2, 0.25) is 35.4 Å². The number of ether oxygens (including phenoxy) is 1. The van der Waals surface area contributed by atoms with Crippen LogP contribution in [0, 0.1) is 10.8 Å². The average Bonchev–Trinajstić information content (AvgIpc) is 3.83. The minimum Gasteiger partial charge on any atom is -0.480 e. The highest BCUT2D eigenvalue weighted by atomic mass is 16.6. The van der Waals surface area contributed by atoms with Gasteiger partial charge in [-0.15, -0.1) is 0 Å². The van der Waals surface area contributed by atoms with Crippen molar-refractivity contribution >= 4 is 47.5 Å². The van der Waals surface area contributed by atoms with Gasteiger partial charge < -0.3 is 46.2 Å². The number of carboxylic acid groups (broad SMARTS) is 1. The number of hydrogen-bond donors (Lipinski definition) is 6. The van der Waals surface area contributed by atoms with Gasteiger partial charge in [0, 0.05) is 38.9 Å². The molecule has 1 saturated heterocycles. The van der Waals surface area contributed by atoms with Crippen molar-refractivity contribution in [3.63, 3.8) is 0 Å². The van der Waals surface area contributed by atoms with Crippen LogP contribution >= 0.6 is 0 Å². The SMILES string of the molecule is CN[C@@H](C)C(=O)N[C@H](C(=O)N1Cc2cc([C@H]3C[C@@H](C(=O)N[C@@H](Cc4ccccc4)C(=O)O)N(C(=O)[C@@H](NC(=O)[C@H](C)N(C)C(=O)OC(C)(C)C)C(C)(C)C)C3)ccc2C[C@H]1C(=O)N[C@@H]1CCCc2ccccc21)C(C)(C)C. The Morgan fingerprint density at radius 2 is 1.34 bits per heavy atom. The average molecular weight is 1060 g/mol. The van der Waals surface area contributed by atoms with Crippen LogP contribution in [0.25, 0.3) is 0 Å². The Morgan fingerprint density at radius 3 is 1.95 bits per heavy atom. The number of likely N-dealkylation sites (tertiary alicyclic amines) is 1. The van der Waals surface area contributed by atoms with E-state index in [1.807, 2.05) is 57.2 Å². The monoisotopic (exact) mass is 1060 g/mol. The molecule has 0 aromatic heterocycles. The summed E-state index contributed by atoms with van der Waals surface area (Å²) in [6, 6.07) is 15.1. The summed E-state index contributed by atoms with van der Waals surface area (Å²) >= 11 is 0. The third-order valence-corrected chi connectivity index (χ3v) is 15.2. The first kappa shape index (κ1) is 59.4. The highest BCUT2D eigenvalue weighted by molar-refractivity contribution is 5.96. The van der Waals surface area contributed by atoms with E-state index in [9.17, 15) is 33.9 Å². The number of carboxylic acids is 1. The standard InChI is InChI=1S/C59H82N8O10/c1-34(60-12)49(68)63-47(57(3,4)5)53(72)66-32-40-29-38(26-27-39(40)30-45(66)51(70)61-43-25-19-23-37-22-17-18-24-42(37)43)41-31-46(52(71)62-44(55(74)75)28-36-20-15-14-16-21-36)67(33-41)54(73)48(58(6,7)8)64-50(69)35(2)65(13)56(76)77-59(9,10)11/h14-18,20-22,24,26-27,29,34-35,41,43-48,60H,19,23,25,28,30-33H2,1-13H3,(H,61,70)(H,62,71)(H,63,68)(H,64,69)(H,74,75)/t34-,35-,41-,43+,44-,45-,46-,47+,48+/m0/s1. The van der Waals surface area contributed by atoms with Crippen LogP contribution in [0.5, 0.6) is 0 Å². The summed E-state index contributed by atoms with van der Waals surface area (Å²) in [5.74, 6) is -4.76. The molecule has 3 aliphatic rings. The lowest BCUT2D eigenvalue weighted by molar-refractivity contribution is -0.147. The maximum atomic E-state index is 15.2. The molecule has 2 heterocycles. The highest BCUT2D eigenvalue weighted by Gasteiger charge is 2.48. The van der Waals surface area contributed by atoms with E-state index in [1.54, 1.807) is 90.7 Å². The van der Waals surface area contributed by atoms with Gasteiger partial charge in [-0.3, -0.25) is 33.7 Å². The van der Waals surface area contributed by atoms with Crippen LogP contribution in [0.1, 0.15) is 141 Å². The maximum Gasteiger partial charge on any atom is 0.410 e. The van der Waals surface area contributed by atoms with Crippen LogP contribution in [0.2, 0.25) is 0 Å². The second kappa shape index (κ2) is 24.2. The van der Waals surface area contributed by atoms with Gasteiger partial charge >= 0.3 is 12.1 Å². The van der Waals surface area contributed by atoms with E-state index in [2.05, 4.69) is 32.7 Å². The summed E-state index contributed by atoms with van der Waals surface area (Å²) in [6.45, 7) is 19.3. The van der Waals surface area contributed by atoms with Gasteiger partial charge in [0.25, 0.3) is 0 Å². The molecular weight excluding hydrogens is 981 g/mol. The number of aliphatic carboxylic acids is 1. The zero-order valence-electron chi connectivity index (χ0n) is 47.2. The topological polar surface area (TPSA) is 236 Å². The maximum absolute atomic E-state index is 15.2. The van der Waals surface area contributed by atoms with Crippen molar-refractivity contribution in [2.75, 3.05) is 20.6 Å². The molecule has 77 heavy (non-hydrogen) atoms. The number of nitrogens with one attached hydrogen (secondary N) is 5. The van der Waals surface area contributed by atoms with Gasteiger partial charge in [-0.25, -0.2) is 9.59 Å². The molecule has 1 aliphatic carbocycles. The Labute approximate surface area is 454 Å². The van der Waals surface area contributed by atoms with Crippen LogP contribution in [0.15, 0.2) is 72.8 Å². The fourth-order valence-corrected chi connectivity index (χ4v) is 10.3. The fourth-order valence-electron chi connectivity index (χ4n) is 10.3. The van der Waals surface area contributed by atoms with E-state index in [0.29, 0.717) is 5.56 Å². The normalized spacial score (nSPS) is 20.4. The first-order valence-electron chi connectivity index (χ1n) is 26.9. The molecule has 6 rings (SSSR count). The minimum absolute atomic E-state index is 0.000260. The number of amides is 7. The van der Waals surface area contributed by atoms with Crippen molar-refractivity contribution in [2.45, 2.75) is 181 Å². The van der Waals surface area contributed by atoms with Crippen molar-refractivity contribution in [1.29, 1.82) is 0 Å². The number of hydrogen-bond acceptors (Lipinski definition) is 10. The van der Waals surface area contributed by atoms with E-state index in [1.165, 1.54) is 24.4 Å².